The van der Waals surface area contributed by atoms with Gasteiger partial charge in [-0.05, 0) is 30.6 Å². The van der Waals surface area contributed by atoms with Crippen LogP contribution in [0.2, 0.25) is 0 Å². The average molecular weight is 430 g/mol. The molecule has 2 fully saturated rings. The monoisotopic (exact) mass is 429 g/mol. The first-order chi connectivity index (χ1) is 14.0. The third-order valence-electron chi connectivity index (χ3n) is 7.42. The largest absolute Gasteiger partial charge is 0.342 e. The summed E-state index contributed by atoms with van der Waals surface area (Å²) in [6.07, 6.45) is 1.80. The number of piperidine rings is 1. The highest BCUT2D eigenvalue weighted by atomic mass is 32.1. The molecule has 30 heavy (non-hydrogen) atoms. The fourth-order valence-corrected chi connectivity index (χ4v) is 5.80. The molecule has 2 aromatic rings. The summed E-state index contributed by atoms with van der Waals surface area (Å²) in [5.41, 5.74) is 1.44. The van der Waals surface area contributed by atoms with Crippen LogP contribution in [-0.2, 0) is 11.8 Å². The maximum Gasteiger partial charge on any atom is 0.276 e. The molecular formula is C22H31N5O2S. The molecule has 0 atom stereocenters. The van der Waals surface area contributed by atoms with E-state index in [1.54, 1.807) is 11.7 Å². The van der Waals surface area contributed by atoms with E-state index >= 15 is 0 Å². The van der Waals surface area contributed by atoms with Crippen LogP contribution < -0.4 is 5.32 Å². The van der Waals surface area contributed by atoms with Crippen LogP contribution in [0.1, 0.15) is 67.6 Å². The van der Waals surface area contributed by atoms with Crippen molar-refractivity contribution in [2.75, 3.05) is 18.4 Å². The first-order valence-electron chi connectivity index (χ1n) is 10.6. The highest BCUT2D eigenvalue weighted by molar-refractivity contribution is 7.10. The number of likely N-dealkylation sites (tertiary alicyclic amines) is 1. The number of anilines is 1. The van der Waals surface area contributed by atoms with Crippen molar-refractivity contribution in [1.29, 1.82) is 0 Å². The topological polar surface area (TPSA) is 80.1 Å². The van der Waals surface area contributed by atoms with Crippen LogP contribution >= 0.6 is 11.3 Å². The Balaban J connectivity index is 1.35. The molecule has 2 aromatic heterocycles. The van der Waals surface area contributed by atoms with Gasteiger partial charge in [0.2, 0.25) is 5.91 Å². The molecular weight excluding hydrogens is 398 g/mol. The summed E-state index contributed by atoms with van der Waals surface area (Å²) >= 11 is 1.53. The minimum atomic E-state index is -0.216. The number of aryl methyl sites for hydroxylation is 2. The summed E-state index contributed by atoms with van der Waals surface area (Å²) in [6.45, 7) is 12.2. The number of aromatic nitrogens is 3. The SMILES string of the molecule is Cc1cc(NC(=O)c2csc(C3CCN(C(=O)C4C(C)(C)C4(C)C)CC3)n2)n(C)n1. The molecule has 3 heterocycles. The Kier molecular flexibility index (Phi) is 5.03. The second-order valence-corrected chi connectivity index (χ2v) is 10.7. The fourth-order valence-electron chi connectivity index (χ4n) is 4.83. The Morgan fingerprint density at radius 3 is 2.33 bits per heavy atom. The lowest BCUT2D eigenvalue weighted by atomic mass is 9.96. The Morgan fingerprint density at radius 1 is 1.17 bits per heavy atom. The van der Waals surface area contributed by atoms with Gasteiger partial charge in [0, 0.05) is 43.4 Å². The summed E-state index contributed by atoms with van der Waals surface area (Å²) in [6, 6.07) is 1.83. The molecule has 1 saturated carbocycles. The van der Waals surface area contributed by atoms with E-state index < -0.39 is 0 Å². The third kappa shape index (κ3) is 3.45. The number of nitrogens with zero attached hydrogens (tertiary/aromatic N) is 4. The number of hydrogen-bond acceptors (Lipinski definition) is 5. The normalized spacial score (nSPS) is 20.9. The third-order valence-corrected chi connectivity index (χ3v) is 8.43. The zero-order valence-corrected chi connectivity index (χ0v) is 19.5. The maximum atomic E-state index is 13.0. The lowest BCUT2D eigenvalue weighted by molar-refractivity contribution is -0.134. The van der Waals surface area contributed by atoms with Gasteiger partial charge in [0.15, 0.2) is 0 Å². The van der Waals surface area contributed by atoms with E-state index in [0.29, 0.717) is 23.3 Å². The van der Waals surface area contributed by atoms with E-state index in [1.807, 2.05) is 23.3 Å². The highest BCUT2D eigenvalue weighted by Gasteiger charge is 2.68. The van der Waals surface area contributed by atoms with Gasteiger partial charge in [-0.15, -0.1) is 11.3 Å². The van der Waals surface area contributed by atoms with Gasteiger partial charge in [-0.25, -0.2) is 4.98 Å². The average Bonchev–Trinajstić information content (AvgIpc) is 3.10. The Bertz CT molecular complexity index is 968. The van der Waals surface area contributed by atoms with Gasteiger partial charge in [0.1, 0.15) is 11.5 Å². The van der Waals surface area contributed by atoms with Crippen LogP contribution in [0.15, 0.2) is 11.4 Å². The van der Waals surface area contributed by atoms with E-state index in [2.05, 4.69) is 43.1 Å². The molecule has 7 nitrogen and oxygen atoms in total. The summed E-state index contributed by atoms with van der Waals surface area (Å²) in [4.78, 5) is 32.2. The van der Waals surface area contributed by atoms with E-state index in [4.69, 9.17) is 0 Å². The lowest BCUT2D eigenvalue weighted by Crippen LogP contribution is -2.39. The van der Waals surface area contributed by atoms with E-state index in [1.165, 1.54) is 11.3 Å². The summed E-state index contributed by atoms with van der Waals surface area (Å²) < 4.78 is 1.65. The number of thiazole rings is 1. The summed E-state index contributed by atoms with van der Waals surface area (Å²) in [5.74, 6) is 1.16. The van der Waals surface area contributed by atoms with Gasteiger partial charge in [-0.1, -0.05) is 27.7 Å². The van der Waals surface area contributed by atoms with Gasteiger partial charge in [-0.2, -0.15) is 5.10 Å². The second-order valence-electron chi connectivity index (χ2n) is 9.80. The summed E-state index contributed by atoms with van der Waals surface area (Å²) in [5, 5.41) is 9.92. The fraction of sp³-hybridized carbons (Fsp3) is 0.636. The zero-order chi connectivity index (χ0) is 21.8. The van der Waals surface area contributed by atoms with Gasteiger partial charge < -0.3 is 10.2 Å². The van der Waals surface area contributed by atoms with Crippen molar-refractivity contribution in [2.24, 2.45) is 23.8 Å². The van der Waals surface area contributed by atoms with Gasteiger partial charge in [0.25, 0.3) is 5.91 Å². The molecule has 1 N–H and O–H groups in total. The predicted molar refractivity (Wildman–Crippen MR) is 118 cm³/mol. The van der Waals surface area contributed by atoms with E-state index in [-0.39, 0.29) is 22.7 Å². The van der Waals surface area contributed by atoms with Crippen LogP contribution in [0.25, 0.3) is 0 Å². The number of carbonyl (C=O) groups is 2. The number of amides is 2. The van der Waals surface area contributed by atoms with E-state index in [0.717, 1.165) is 36.6 Å². The predicted octanol–water partition coefficient (Wildman–Crippen LogP) is 3.83. The second kappa shape index (κ2) is 7.18. The van der Waals surface area contributed by atoms with Crippen LogP contribution in [-0.4, -0.2) is 44.6 Å². The molecule has 162 valence electrons. The number of carbonyl (C=O) groups excluding carboxylic acids is 2. The van der Waals surface area contributed by atoms with Crippen molar-refractivity contribution in [3.05, 3.63) is 27.8 Å². The Labute approximate surface area is 181 Å². The van der Waals surface area contributed by atoms with Crippen molar-refractivity contribution in [3.63, 3.8) is 0 Å². The number of hydrogen-bond donors (Lipinski definition) is 1. The number of rotatable bonds is 4. The molecule has 4 rings (SSSR count). The van der Waals surface area contributed by atoms with Crippen LogP contribution in [0.4, 0.5) is 5.82 Å². The Morgan fingerprint density at radius 2 is 1.80 bits per heavy atom. The molecule has 0 bridgehead atoms. The van der Waals surface area contributed by atoms with Gasteiger partial charge in [-0.3, -0.25) is 14.3 Å². The molecule has 1 aliphatic carbocycles. The van der Waals surface area contributed by atoms with Crippen molar-refractivity contribution in [2.45, 2.75) is 53.4 Å². The smallest absolute Gasteiger partial charge is 0.276 e. The van der Waals surface area contributed by atoms with Crippen molar-refractivity contribution >= 4 is 29.0 Å². The molecule has 0 aromatic carbocycles. The molecule has 2 aliphatic rings. The zero-order valence-electron chi connectivity index (χ0n) is 18.7. The van der Waals surface area contributed by atoms with Crippen LogP contribution in [0.5, 0.6) is 0 Å². The van der Waals surface area contributed by atoms with Gasteiger partial charge in [0.05, 0.1) is 10.7 Å². The molecule has 1 saturated heterocycles. The first-order valence-corrected chi connectivity index (χ1v) is 11.5. The van der Waals surface area contributed by atoms with Crippen molar-refractivity contribution in [1.82, 2.24) is 19.7 Å². The molecule has 2 amide bonds. The lowest BCUT2D eigenvalue weighted by Gasteiger charge is -2.31. The quantitative estimate of drug-likeness (QED) is 0.801. The molecule has 8 heteroatoms. The maximum absolute atomic E-state index is 13.0. The van der Waals surface area contributed by atoms with Crippen LogP contribution in [0.3, 0.4) is 0 Å². The molecule has 1 aliphatic heterocycles. The van der Waals surface area contributed by atoms with Crippen LogP contribution in [0, 0.1) is 23.7 Å². The van der Waals surface area contributed by atoms with Crippen molar-refractivity contribution < 1.29 is 9.59 Å². The Hall–Kier alpha value is -2.22. The highest BCUT2D eigenvalue weighted by Crippen LogP contribution is 2.68. The molecule has 0 unspecified atom stereocenters. The van der Waals surface area contributed by atoms with Gasteiger partial charge >= 0.3 is 0 Å². The standard InChI is InChI=1S/C22H31N5O2S/c1-13-11-16(26(6)25-13)24-18(28)15-12-30-19(23-15)14-7-9-27(10-8-14)20(29)17-21(2,3)22(17,4)5/h11-12,14,17H,7-10H2,1-6H3,(H,24,28). The minimum Gasteiger partial charge on any atom is -0.342 e. The number of nitrogens with one attached hydrogen (secondary N) is 1. The molecule has 0 radical (unpaired) electrons. The van der Waals surface area contributed by atoms with Crippen molar-refractivity contribution in [3.8, 4) is 0 Å². The summed E-state index contributed by atoms with van der Waals surface area (Å²) in [7, 11) is 1.80. The first kappa shape index (κ1) is 21.0. The minimum absolute atomic E-state index is 0.0743. The van der Waals surface area contributed by atoms with E-state index in [9.17, 15) is 9.59 Å². The molecule has 0 spiro atoms.